The van der Waals surface area contributed by atoms with Gasteiger partial charge in [0.2, 0.25) is 0 Å². The summed E-state index contributed by atoms with van der Waals surface area (Å²) in [6.45, 7) is 2.01. The number of hydrogen-bond donors (Lipinski definition) is 1. The molecule has 1 aromatic carbocycles. The lowest BCUT2D eigenvalue weighted by Gasteiger charge is -2.06. The number of halogens is 1. The monoisotopic (exact) mass is 236 g/mol. The van der Waals surface area contributed by atoms with E-state index in [4.69, 9.17) is 17.3 Å². The maximum atomic E-state index is 6.13. The molecule has 0 aliphatic heterocycles. The summed E-state index contributed by atoms with van der Waals surface area (Å²) in [5.41, 5.74) is 7.27. The molecule has 0 amide bonds. The summed E-state index contributed by atoms with van der Waals surface area (Å²) in [6, 6.07) is 5.42. The molecule has 0 unspecified atom stereocenters. The molecule has 0 saturated heterocycles. The van der Waals surface area contributed by atoms with Gasteiger partial charge in [-0.15, -0.1) is 0 Å². The van der Waals surface area contributed by atoms with Crippen LogP contribution in [0.1, 0.15) is 12.7 Å². The molecule has 0 aliphatic carbocycles. The van der Waals surface area contributed by atoms with Gasteiger partial charge in [0.05, 0.1) is 10.6 Å². The zero-order valence-corrected chi connectivity index (χ0v) is 9.99. The lowest BCUT2D eigenvalue weighted by molar-refractivity contribution is 0.753. The maximum Gasteiger partial charge on any atom is 0.161 e. The first-order valence-electron chi connectivity index (χ1n) is 5.07. The van der Waals surface area contributed by atoms with E-state index in [0.29, 0.717) is 16.5 Å². The van der Waals surface area contributed by atoms with Crippen molar-refractivity contribution >= 4 is 17.3 Å². The number of anilines is 1. The van der Waals surface area contributed by atoms with Crippen molar-refractivity contribution in [2.45, 2.75) is 13.3 Å². The van der Waals surface area contributed by atoms with E-state index in [1.54, 1.807) is 10.7 Å². The van der Waals surface area contributed by atoms with Crippen LogP contribution in [0.25, 0.3) is 11.4 Å². The quantitative estimate of drug-likeness (QED) is 0.814. The fourth-order valence-electron chi connectivity index (χ4n) is 1.58. The van der Waals surface area contributed by atoms with Crippen LogP contribution in [0.5, 0.6) is 0 Å². The molecule has 0 fully saturated rings. The molecule has 2 rings (SSSR count). The van der Waals surface area contributed by atoms with Crippen molar-refractivity contribution in [1.29, 1.82) is 0 Å². The molecule has 5 heteroatoms. The van der Waals surface area contributed by atoms with Crippen LogP contribution in [0.4, 0.5) is 5.69 Å². The highest BCUT2D eigenvalue weighted by Crippen LogP contribution is 2.31. The van der Waals surface area contributed by atoms with Gasteiger partial charge in [0.25, 0.3) is 0 Å². The summed E-state index contributed by atoms with van der Waals surface area (Å²) in [5.74, 6) is 1.50. The minimum atomic E-state index is 0.596. The SMILES string of the molecule is CCc1nc(-c2c(N)cccc2Cl)n(C)n1. The highest BCUT2D eigenvalue weighted by Gasteiger charge is 2.14. The number of aryl methyl sites for hydroxylation is 2. The van der Waals surface area contributed by atoms with Gasteiger partial charge in [-0.1, -0.05) is 24.6 Å². The van der Waals surface area contributed by atoms with Crippen molar-refractivity contribution in [2.75, 3.05) is 5.73 Å². The van der Waals surface area contributed by atoms with E-state index in [-0.39, 0.29) is 0 Å². The Morgan fingerprint density at radius 1 is 1.44 bits per heavy atom. The molecule has 1 aromatic heterocycles. The molecule has 0 bridgehead atoms. The highest BCUT2D eigenvalue weighted by atomic mass is 35.5. The molecule has 4 nitrogen and oxygen atoms in total. The Balaban J connectivity index is 2.62. The Morgan fingerprint density at radius 3 is 2.75 bits per heavy atom. The first-order chi connectivity index (χ1) is 7.63. The van der Waals surface area contributed by atoms with E-state index in [2.05, 4.69) is 10.1 Å². The molecular formula is C11H13ClN4. The van der Waals surface area contributed by atoms with Crippen molar-refractivity contribution in [2.24, 2.45) is 7.05 Å². The number of nitrogens with zero attached hydrogens (tertiary/aromatic N) is 3. The van der Waals surface area contributed by atoms with Gasteiger partial charge in [0.15, 0.2) is 11.6 Å². The topological polar surface area (TPSA) is 56.7 Å². The van der Waals surface area contributed by atoms with Gasteiger partial charge in [-0.05, 0) is 12.1 Å². The Bertz CT molecular complexity index is 498. The van der Waals surface area contributed by atoms with Crippen LogP contribution in [-0.2, 0) is 13.5 Å². The van der Waals surface area contributed by atoms with Gasteiger partial charge in [-0.25, -0.2) is 9.67 Å². The number of benzene rings is 1. The van der Waals surface area contributed by atoms with Crippen LogP contribution in [0, 0.1) is 0 Å². The van der Waals surface area contributed by atoms with Gasteiger partial charge in [0, 0.05) is 19.2 Å². The standard InChI is InChI=1S/C11H13ClN4/c1-3-9-14-11(16(2)15-9)10-7(12)5-4-6-8(10)13/h4-6H,3,13H2,1-2H3. The zero-order valence-electron chi connectivity index (χ0n) is 9.24. The molecule has 84 valence electrons. The summed E-state index contributed by atoms with van der Waals surface area (Å²) in [5, 5.41) is 4.87. The van der Waals surface area contributed by atoms with Gasteiger partial charge >= 0.3 is 0 Å². The number of rotatable bonds is 2. The molecule has 16 heavy (non-hydrogen) atoms. The molecule has 0 spiro atoms. The van der Waals surface area contributed by atoms with E-state index < -0.39 is 0 Å². The molecule has 0 aliphatic rings. The fraction of sp³-hybridized carbons (Fsp3) is 0.273. The predicted octanol–water partition coefficient (Wildman–Crippen LogP) is 2.28. The van der Waals surface area contributed by atoms with Crippen LogP contribution < -0.4 is 5.73 Å². The van der Waals surface area contributed by atoms with E-state index in [1.165, 1.54) is 0 Å². The van der Waals surface area contributed by atoms with Crippen molar-refractivity contribution in [1.82, 2.24) is 14.8 Å². The first kappa shape index (κ1) is 11.0. The predicted molar refractivity (Wildman–Crippen MR) is 65.2 cm³/mol. The number of nitrogen functional groups attached to an aromatic ring is 1. The Labute approximate surface area is 99.1 Å². The summed E-state index contributed by atoms with van der Waals surface area (Å²) >= 11 is 6.13. The lowest BCUT2D eigenvalue weighted by Crippen LogP contribution is -1.98. The van der Waals surface area contributed by atoms with Crippen LogP contribution >= 0.6 is 11.6 Å². The third-order valence-corrected chi connectivity index (χ3v) is 2.71. The Kier molecular flexibility index (Phi) is 2.83. The Hall–Kier alpha value is -1.55. The van der Waals surface area contributed by atoms with Gasteiger partial charge < -0.3 is 5.73 Å². The molecule has 1 heterocycles. The fourth-order valence-corrected chi connectivity index (χ4v) is 1.85. The largest absolute Gasteiger partial charge is 0.398 e. The second kappa shape index (κ2) is 4.14. The molecule has 2 N–H and O–H groups in total. The normalized spacial score (nSPS) is 10.7. The molecule has 2 aromatic rings. The molecular weight excluding hydrogens is 224 g/mol. The highest BCUT2D eigenvalue weighted by molar-refractivity contribution is 6.33. The summed E-state index contributed by atoms with van der Waals surface area (Å²) < 4.78 is 1.70. The lowest BCUT2D eigenvalue weighted by atomic mass is 10.1. The summed E-state index contributed by atoms with van der Waals surface area (Å²) in [4.78, 5) is 4.41. The van der Waals surface area contributed by atoms with Crippen molar-refractivity contribution in [3.8, 4) is 11.4 Å². The van der Waals surface area contributed by atoms with Crippen LogP contribution in [0.3, 0.4) is 0 Å². The average molecular weight is 237 g/mol. The average Bonchev–Trinajstić information content (AvgIpc) is 2.60. The third-order valence-electron chi connectivity index (χ3n) is 2.39. The number of hydrogen-bond acceptors (Lipinski definition) is 3. The smallest absolute Gasteiger partial charge is 0.161 e. The van der Waals surface area contributed by atoms with E-state index in [0.717, 1.165) is 17.8 Å². The summed E-state index contributed by atoms with van der Waals surface area (Å²) in [6.07, 6.45) is 0.790. The Morgan fingerprint density at radius 2 is 2.19 bits per heavy atom. The van der Waals surface area contributed by atoms with Gasteiger partial charge in [-0.3, -0.25) is 0 Å². The van der Waals surface area contributed by atoms with Crippen LogP contribution in [-0.4, -0.2) is 14.8 Å². The van der Waals surface area contributed by atoms with Crippen LogP contribution in [0.2, 0.25) is 5.02 Å². The van der Waals surface area contributed by atoms with Crippen molar-refractivity contribution < 1.29 is 0 Å². The van der Waals surface area contributed by atoms with Gasteiger partial charge in [0.1, 0.15) is 0 Å². The second-order valence-corrected chi connectivity index (χ2v) is 3.94. The van der Waals surface area contributed by atoms with E-state index in [9.17, 15) is 0 Å². The van der Waals surface area contributed by atoms with Crippen molar-refractivity contribution in [3.63, 3.8) is 0 Å². The minimum absolute atomic E-state index is 0.596. The van der Waals surface area contributed by atoms with E-state index >= 15 is 0 Å². The molecule has 0 saturated carbocycles. The maximum absolute atomic E-state index is 6.13. The minimum Gasteiger partial charge on any atom is -0.398 e. The third kappa shape index (κ3) is 1.76. The number of aromatic nitrogens is 3. The molecule has 0 atom stereocenters. The number of nitrogens with two attached hydrogens (primary N) is 1. The summed E-state index contributed by atoms with van der Waals surface area (Å²) in [7, 11) is 1.84. The first-order valence-corrected chi connectivity index (χ1v) is 5.45. The second-order valence-electron chi connectivity index (χ2n) is 3.53. The molecule has 0 radical (unpaired) electrons. The van der Waals surface area contributed by atoms with E-state index in [1.807, 2.05) is 26.1 Å². The van der Waals surface area contributed by atoms with Crippen LogP contribution in [0.15, 0.2) is 18.2 Å². The van der Waals surface area contributed by atoms with Crippen molar-refractivity contribution in [3.05, 3.63) is 29.0 Å². The van der Waals surface area contributed by atoms with Gasteiger partial charge in [-0.2, -0.15) is 5.10 Å². The zero-order chi connectivity index (χ0) is 11.7.